The molecule has 0 spiro atoms. The third kappa shape index (κ3) is 5.44. The minimum absolute atomic E-state index is 0.0259. The fraction of sp³-hybridized carbons (Fsp3) is 0.433. The maximum absolute atomic E-state index is 13.9. The summed E-state index contributed by atoms with van der Waals surface area (Å²) in [5, 5.41) is 10.1. The molecule has 10 heteroatoms. The normalized spacial score (nSPS) is 21.6. The zero-order chi connectivity index (χ0) is 27.6. The summed E-state index contributed by atoms with van der Waals surface area (Å²) in [6.07, 6.45) is 9.30. The zero-order valence-corrected chi connectivity index (χ0v) is 24.2. The van der Waals surface area contributed by atoms with Gasteiger partial charge in [-0.3, -0.25) is 4.79 Å². The van der Waals surface area contributed by atoms with Crippen molar-refractivity contribution in [3.8, 4) is 10.4 Å². The van der Waals surface area contributed by atoms with Crippen LogP contribution in [0.5, 0.6) is 0 Å². The van der Waals surface area contributed by atoms with Gasteiger partial charge in [-0.1, -0.05) is 53.8 Å². The number of benzene rings is 1. The van der Waals surface area contributed by atoms with E-state index in [9.17, 15) is 18.9 Å². The molecule has 3 aliphatic rings. The Bertz CT molecular complexity index is 1380. The van der Waals surface area contributed by atoms with E-state index in [1.54, 1.807) is 15.4 Å². The predicted molar refractivity (Wildman–Crippen MR) is 160 cm³/mol. The number of carboxylic acids is 1. The summed E-state index contributed by atoms with van der Waals surface area (Å²) >= 11 is 1.20. The molecule has 2 aromatic heterocycles. The number of amides is 1. The van der Waals surface area contributed by atoms with Gasteiger partial charge in [0.2, 0.25) is 5.91 Å². The smallest absolute Gasteiger partial charge is 0.348 e. The second-order valence-electron chi connectivity index (χ2n) is 10.9. The average molecular weight is 580 g/mol. The minimum atomic E-state index is -1.99. The number of rotatable bonds is 7. The Morgan fingerprint density at radius 1 is 1.00 bits per heavy atom. The third-order valence-electron chi connectivity index (χ3n) is 8.37. The summed E-state index contributed by atoms with van der Waals surface area (Å²) in [7, 11) is -1.99. The molecule has 8 nitrogen and oxygen atoms in total. The van der Waals surface area contributed by atoms with Crippen molar-refractivity contribution in [2.45, 2.75) is 55.9 Å². The molecule has 1 amide bonds. The lowest BCUT2D eigenvalue weighted by Crippen LogP contribution is -2.59. The Labute approximate surface area is 241 Å². The Morgan fingerprint density at radius 2 is 1.75 bits per heavy atom. The number of pyridine rings is 1. The van der Waals surface area contributed by atoms with Crippen LogP contribution in [0.25, 0.3) is 10.4 Å². The van der Waals surface area contributed by atoms with Crippen LogP contribution in [0.3, 0.4) is 0 Å². The lowest BCUT2D eigenvalue weighted by Gasteiger charge is -2.43. The van der Waals surface area contributed by atoms with Gasteiger partial charge in [0.05, 0.1) is 24.5 Å². The van der Waals surface area contributed by atoms with Crippen LogP contribution in [0.1, 0.15) is 54.6 Å². The standard InChI is InChI=1S/C30H34N4O4S2/c35-28-20-33(40(38)23-13-14-27(31-18-23)32-15-7-8-16-32)19-25(21-9-3-1-4-10-21)34(28)24-17-26(39-29(24)30(36)37)22-11-5-2-6-12-22/h2,5-6,11-14,17-18,21,25H,1,3-4,7-10,15-16,19-20H2,(H,36,37)/p+1/t25-,40?/m0/s1. The van der Waals surface area contributed by atoms with E-state index in [4.69, 9.17) is 0 Å². The van der Waals surface area contributed by atoms with Crippen molar-refractivity contribution in [1.29, 1.82) is 0 Å². The van der Waals surface area contributed by atoms with Gasteiger partial charge in [-0.2, -0.15) is 0 Å². The number of nitrogens with zero attached hydrogens (tertiary/aromatic N) is 4. The van der Waals surface area contributed by atoms with Gasteiger partial charge >= 0.3 is 5.97 Å². The highest BCUT2D eigenvalue weighted by Gasteiger charge is 2.44. The molecular formula is C30H35N4O4S2+. The first-order valence-corrected chi connectivity index (χ1v) is 16.2. The largest absolute Gasteiger partial charge is 0.477 e. The highest BCUT2D eigenvalue weighted by molar-refractivity contribution is 7.82. The molecule has 2 atom stereocenters. The van der Waals surface area contributed by atoms with Crippen molar-refractivity contribution in [3.05, 3.63) is 59.6 Å². The lowest BCUT2D eigenvalue weighted by molar-refractivity contribution is -0.121. The lowest BCUT2D eigenvalue weighted by atomic mass is 9.82. The summed E-state index contributed by atoms with van der Waals surface area (Å²) < 4.78 is 15.6. The number of thiol groups is 1. The summed E-state index contributed by atoms with van der Waals surface area (Å²) in [5.41, 5.74) is 1.39. The van der Waals surface area contributed by atoms with Gasteiger partial charge in [0.1, 0.15) is 17.2 Å². The molecule has 3 fully saturated rings. The molecule has 4 heterocycles. The minimum Gasteiger partial charge on any atom is -0.477 e. The molecule has 1 aliphatic carbocycles. The predicted octanol–water partition coefficient (Wildman–Crippen LogP) is 5.38. The number of carbonyl (C=O) groups is 2. The van der Waals surface area contributed by atoms with Crippen molar-refractivity contribution in [1.82, 2.24) is 9.29 Å². The van der Waals surface area contributed by atoms with Gasteiger partial charge in [-0.05, 0) is 55.4 Å². The molecule has 2 saturated heterocycles. The van der Waals surface area contributed by atoms with Crippen LogP contribution in [0, 0.1) is 5.92 Å². The molecular weight excluding hydrogens is 544 g/mol. The monoisotopic (exact) mass is 579 g/mol. The molecule has 1 aromatic carbocycles. The Kier molecular flexibility index (Phi) is 8.00. The highest BCUT2D eigenvalue weighted by Crippen LogP contribution is 2.41. The van der Waals surface area contributed by atoms with Crippen LogP contribution in [-0.4, -0.2) is 58.5 Å². The molecule has 1 unspecified atom stereocenters. The number of hydrogen-bond acceptors (Lipinski definition) is 6. The summed E-state index contributed by atoms with van der Waals surface area (Å²) in [5.74, 6) is -0.110. The number of carboxylic acid groups (broad SMARTS) is 1. The molecule has 210 valence electrons. The molecule has 3 aromatic rings. The number of thiophene rings is 1. The maximum Gasteiger partial charge on any atom is 0.348 e. The maximum atomic E-state index is 13.9. The van der Waals surface area contributed by atoms with E-state index < -0.39 is 17.0 Å². The molecule has 40 heavy (non-hydrogen) atoms. The molecule has 0 radical (unpaired) electrons. The second kappa shape index (κ2) is 11.8. The topological polar surface area (TPSA) is 94.0 Å². The van der Waals surface area contributed by atoms with Gasteiger partial charge in [-0.15, -0.1) is 15.6 Å². The van der Waals surface area contributed by atoms with Gasteiger partial charge in [0, 0.05) is 18.0 Å². The van der Waals surface area contributed by atoms with E-state index in [0.29, 0.717) is 17.1 Å². The quantitative estimate of drug-likeness (QED) is 0.299. The number of aromatic carboxylic acids is 1. The van der Waals surface area contributed by atoms with Gasteiger partial charge < -0.3 is 14.9 Å². The molecule has 2 aliphatic heterocycles. The Hall–Kier alpha value is -3.08. The van der Waals surface area contributed by atoms with Crippen molar-refractivity contribution in [2.24, 2.45) is 5.92 Å². The van der Waals surface area contributed by atoms with Crippen molar-refractivity contribution in [3.63, 3.8) is 0 Å². The first-order chi connectivity index (χ1) is 19.5. The zero-order valence-electron chi connectivity index (χ0n) is 22.4. The molecule has 0 bridgehead atoms. The van der Waals surface area contributed by atoms with Crippen LogP contribution >= 0.6 is 11.3 Å². The Morgan fingerprint density at radius 3 is 2.42 bits per heavy atom. The first kappa shape index (κ1) is 27.1. The van der Waals surface area contributed by atoms with E-state index in [-0.39, 0.29) is 29.3 Å². The summed E-state index contributed by atoms with van der Waals surface area (Å²) in [4.78, 5) is 36.4. The van der Waals surface area contributed by atoms with Crippen molar-refractivity contribution >= 4 is 45.7 Å². The highest BCUT2D eigenvalue weighted by atomic mass is 32.2. The second-order valence-corrected chi connectivity index (χ2v) is 13.6. The molecule has 1 saturated carbocycles. The number of hydrogen-bond donors (Lipinski definition) is 1. The number of aromatic nitrogens is 1. The van der Waals surface area contributed by atoms with E-state index in [2.05, 4.69) is 9.88 Å². The Balaban J connectivity index is 1.31. The van der Waals surface area contributed by atoms with Gasteiger partial charge in [0.15, 0.2) is 15.9 Å². The van der Waals surface area contributed by atoms with Crippen LogP contribution in [0.4, 0.5) is 11.5 Å². The summed E-state index contributed by atoms with van der Waals surface area (Å²) in [6.45, 7) is 2.40. The number of piperazine rings is 1. The van der Waals surface area contributed by atoms with Gasteiger partial charge in [0.25, 0.3) is 0 Å². The van der Waals surface area contributed by atoms with Crippen LogP contribution in [0.15, 0.2) is 59.6 Å². The SMILES string of the molecule is O=C(O)c1sc(-c2ccccc2)cc1N1C(=O)CN([SH+](=O)c2ccc(N3CCCC3)nc2)C[C@H]1C1CCCCC1. The van der Waals surface area contributed by atoms with Crippen LogP contribution in [0.2, 0.25) is 0 Å². The van der Waals surface area contributed by atoms with E-state index >= 15 is 0 Å². The van der Waals surface area contributed by atoms with E-state index in [1.807, 2.05) is 48.5 Å². The van der Waals surface area contributed by atoms with E-state index in [0.717, 1.165) is 67.9 Å². The third-order valence-corrected chi connectivity index (χ3v) is 11.1. The fourth-order valence-electron chi connectivity index (χ4n) is 6.36. The molecule has 1 N–H and O–H groups in total. The number of carbonyl (C=O) groups excluding carboxylic acids is 1. The molecule has 6 rings (SSSR count). The van der Waals surface area contributed by atoms with Crippen molar-refractivity contribution in [2.75, 3.05) is 36.0 Å². The first-order valence-electron chi connectivity index (χ1n) is 14.2. The van der Waals surface area contributed by atoms with Crippen LogP contribution < -0.4 is 9.80 Å². The van der Waals surface area contributed by atoms with E-state index in [1.165, 1.54) is 17.8 Å². The fourth-order valence-corrected chi connectivity index (χ4v) is 8.60. The average Bonchev–Trinajstić information content (AvgIpc) is 3.69. The van der Waals surface area contributed by atoms with Crippen LogP contribution in [-0.2, 0) is 20.0 Å². The number of anilines is 2. The summed E-state index contributed by atoms with van der Waals surface area (Å²) in [6, 6.07) is 15.1. The van der Waals surface area contributed by atoms with Crippen molar-refractivity contribution < 1.29 is 18.9 Å². The van der Waals surface area contributed by atoms with Gasteiger partial charge in [-0.25, -0.2) is 9.78 Å².